The van der Waals surface area contributed by atoms with Crippen molar-refractivity contribution >= 4 is 11.8 Å². The molecular weight excluding hydrogens is 336 g/mol. The fourth-order valence-electron chi connectivity index (χ4n) is 7.27. The molecule has 3 nitrogen and oxygen atoms in total. The minimum absolute atomic E-state index is 0.0737. The predicted molar refractivity (Wildman–Crippen MR) is 106 cm³/mol. The quantitative estimate of drug-likeness (QED) is 0.499. The summed E-state index contributed by atoms with van der Waals surface area (Å²) >= 11 is 0. The number of Topliss-reactive ketones (excluding diaryl/α,β-unsaturated/α-hetero) is 1. The summed E-state index contributed by atoms with van der Waals surface area (Å²) < 4.78 is 5.83. The Hall–Kier alpha value is -1.64. The van der Waals surface area contributed by atoms with Crippen LogP contribution in [0.1, 0.15) is 66.2 Å². The largest absolute Gasteiger partial charge is 0.446 e. The smallest absolute Gasteiger partial charge is 0.303 e. The third kappa shape index (κ3) is 2.26. The number of carbonyl (C=O) groups is 2. The lowest BCUT2D eigenvalue weighted by Gasteiger charge is -2.57. The average molecular weight is 369 g/mol. The highest BCUT2D eigenvalue weighted by Crippen LogP contribution is 2.68. The van der Waals surface area contributed by atoms with Crippen LogP contribution in [-0.2, 0) is 14.3 Å². The van der Waals surface area contributed by atoms with E-state index in [0.717, 1.165) is 24.8 Å². The Morgan fingerprint density at radius 1 is 1.19 bits per heavy atom. The van der Waals surface area contributed by atoms with Crippen LogP contribution in [0.25, 0.3) is 0 Å². The van der Waals surface area contributed by atoms with Gasteiger partial charge < -0.3 is 4.74 Å². The van der Waals surface area contributed by atoms with Crippen LogP contribution < -0.4 is 0 Å². The number of fused-ring (bicyclic) bond motifs is 5. The Bertz CT molecular complexity index is 774. The van der Waals surface area contributed by atoms with Crippen molar-refractivity contribution in [3.8, 4) is 0 Å². The molecule has 0 N–H and O–H groups in total. The van der Waals surface area contributed by atoms with E-state index >= 15 is 0 Å². The lowest BCUT2D eigenvalue weighted by molar-refractivity contribution is -0.179. The molecule has 0 aromatic carbocycles. The highest BCUT2D eigenvalue weighted by molar-refractivity contribution is 5.92. The summed E-state index contributed by atoms with van der Waals surface area (Å²) in [5.41, 5.74) is 1.00. The molecule has 6 atom stereocenters. The molecule has 4 aliphatic rings. The molecule has 0 spiro atoms. The van der Waals surface area contributed by atoms with Gasteiger partial charge in [0.2, 0.25) is 0 Å². The lowest BCUT2D eigenvalue weighted by atomic mass is 9.48. The molecule has 0 radical (unpaired) electrons. The van der Waals surface area contributed by atoms with Gasteiger partial charge in [-0.15, -0.1) is 0 Å². The molecule has 0 bridgehead atoms. The number of allylic oxidation sites excluding steroid dienone is 4. The molecule has 146 valence electrons. The van der Waals surface area contributed by atoms with Gasteiger partial charge in [0.15, 0.2) is 11.4 Å². The first-order valence-electron chi connectivity index (χ1n) is 10.4. The Morgan fingerprint density at radius 2 is 1.93 bits per heavy atom. The van der Waals surface area contributed by atoms with Crippen molar-refractivity contribution < 1.29 is 14.3 Å². The highest BCUT2D eigenvalue weighted by Gasteiger charge is 2.68. The minimum Gasteiger partial charge on any atom is -0.446 e. The summed E-state index contributed by atoms with van der Waals surface area (Å²) in [4.78, 5) is 24.8. The van der Waals surface area contributed by atoms with Gasteiger partial charge in [-0.25, -0.2) is 0 Å². The minimum atomic E-state index is -1.16. The van der Waals surface area contributed by atoms with Crippen molar-refractivity contribution in [1.29, 1.82) is 0 Å². The first-order valence-corrected chi connectivity index (χ1v) is 10.4. The van der Waals surface area contributed by atoms with Crippen molar-refractivity contribution in [3.05, 3.63) is 36.0 Å². The van der Waals surface area contributed by atoms with Gasteiger partial charge in [-0.1, -0.05) is 38.7 Å². The molecule has 0 unspecified atom stereocenters. The number of rotatable bonds is 2. The standard InChI is InChI=1S/C24H32O3/c1-15-14-21-19-10-9-18-8-6-7-12-22(18,4)20(19)11-13-23(21,5)24(15,16(2)25)27-17(3)26/h8-10,19-21H,1,6-7,11-14H2,2-5H3/t19-,20+,21+,22+,23+,24+/m1/s1. The Labute approximate surface area is 162 Å². The maximum absolute atomic E-state index is 12.9. The summed E-state index contributed by atoms with van der Waals surface area (Å²) in [6, 6.07) is 0. The fourth-order valence-corrected chi connectivity index (χ4v) is 7.27. The van der Waals surface area contributed by atoms with Gasteiger partial charge >= 0.3 is 5.97 Å². The topological polar surface area (TPSA) is 43.4 Å². The second kappa shape index (κ2) is 5.93. The fraction of sp³-hybridized carbons (Fsp3) is 0.667. The molecule has 0 aliphatic heterocycles. The zero-order valence-electron chi connectivity index (χ0n) is 17.1. The van der Waals surface area contributed by atoms with E-state index in [4.69, 9.17) is 4.74 Å². The van der Waals surface area contributed by atoms with Gasteiger partial charge in [-0.3, -0.25) is 9.59 Å². The third-order valence-corrected chi connectivity index (χ3v) is 8.52. The molecule has 0 heterocycles. The summed E-state index contributed by atoms with van der Waals surface area (Å²) in [5, 5.41) is 0. The molecule has 0 aromatic rings. The summed E-state index contributed by atoms with van der Waals surface area (Å²) in [5.74, 6) is 0.843. The number of esters is 1. The number of ether oxygens (including phenoxy) is 1. The van der Waals surface area contributed by atoms with Gasteiger partial charge in [0.05, 0.1) is 0 Å². The van der Waals surface area contributed by atoms with E-state index in [1.54, 1.807) is 6.92 Å². The van der Waals surface area contributed by atoms with Gasteiger partial charge in [0.1, 0.15) is 0 Å². The zero-order valence-corrected chi connectivity index (χ0v) is 17.1. The number of carbonyl (C=O) groups excluding carboxylic acids is 2. The van der Waals surface area contributed by atoms with Crippen LogP contribution in [0.15, 0.2) is 36.0 Å². The highest BCUT2D eigenvalue weighted by atomic mass is 16.6. The Balaban J connectivity index is 1.80. The van der Waals surface area contributed by atoms with E-state index in [-0.39, 0.29) is 22.6 Å². The van der Waals surface area contributed by atoms with Crippen molar-refractivity contribution in [2.24, 2.45) is 28.6 Å². The molecule has 0 aromatic heterocycles. The van der Waals surface area contributed by atoms with Crippen LogP contribution >= 0.6 is 0 Å². The molecule has 2 fully saturated rings. The van der Waals surface area contributed by atoms with Crippen molar-refractivity contribution in [1.82, 2.24) is 0 Å². The number of ketones is 1. The van der Waals surface area contributed by atoms with E-state index < -0.39 is 5.60 Å². The summed E-state index contributed by atoms with van der Waals surface area (Å²) in [6.45, 7) is 11.8. The van der Waals surface area contributed by atoms with Gasteiger partial charge in [0, 0.05) is 12.3 Å². The van der Waals surface area contributed by atoms with E-state index in [1.165, 1.54) is 31.8 Å². The molecule has 0 amide bonds. The van der Waals surface area contributed by atoms with Gasteiger partial charge in [0.25, 0.3) is 0 Å². The molecule has 4 aliphatic carbocycles. The molecule has 3 heteroatoms. The van der Waals surface area contributed by atoms with Crippen LogP contribution in [0.5, 0.6) is 0 Å². The molecule has 2 saturated carbocycles. The van der Waals surface area contributed by atoms with E-state index in [9.17, 15) is 9.59 Å². The number of hydrogen-bond donors (Lipinski definition) is 0. The van der Waals surface area contributed by atoms with Gasteiger partial charge in [-0.2, -0.15) is 0 Å². The van der Waals surface area contributed by atoms with Crippen LogP contribution in [-0.4, -0.2) is 17.4 Å². The zero-order chi connectivity index (χ0) is 19.6. The second-order valence-corrected chi connectivity index (χ2v) is 9.71. The SMILES string of the molecule is C=C1C[C@H]2[C@@H]3C=CC4=CCCC[C@]4(C)[C@H]3CC[C@]2(C)[C@@]1(OC(C)=O)C(C)=O. The van der Waals surface area contributed by atoms with E-state index in [1.807, 2.05) is 0 Å². The predicted octanol–water partition coefficient (Wildman–Crippen LogP) is 5.17. The maximum atomic E-state index is 12.9. The van der Waals surface area contributed by atoms with Gasteiger partial charge in [-0.05, 0) is 79.8 Å². The molecule has 0 saturated heterocycles. The van der Waals surface area contributed by atoms with Crippen molar-refractivity contribution in [2.45, 2.75) is 71.8 Å². The van der Waals surface area contributed by atoms with Crippen LogP contribution in [0.4, 0.5) is 0 Å². The Morgan fingerprint density at radius 3 is 2.59 bits per heavy atom. The lowest BCUT2D eigenvalue weighted by Crippen LogP contribution is -2.58. The van der Waals surface area contributed by atoms with E-state index in [2.05, 4.69) is 38.7 Å². The molecule has 27 heavy (non-hydrogen) atoms. The van der Waals surface area contributed by atoms with Crippen molar-refractivity contribution in [2.75, 3.05) is 0 Å². The number of hydrogen-bond acceptors (Lipinski definition) is 3. The van der Waals surface area contributed by atoms with Crippen LogP contribution in [0.3, 0.4) is 0 Å². The first-order chi connectivity index (χ1) is 12.7. The molecular formula is C24H32O3. The third-order valence-electron chi connectivity index (χ3n) is 8.52. The maximum Gasteiger partial charge on any atom is 0.303 e. The van der Waals surface area contributed by atoms with Crippen LogP contribution in [0.2, 0.25) is 0 Å². The summed E-state index contributed by atoms with van der Waals surface area (Å²) in [7, 11) is 0. The molecule has 4 rings (SSSR count). The Kier molecular flexibility index (Phi) is 4.11. The van der Waals surface area contributed by atoms with Crippen molar-refractivity contribution in [3.63, 3.8) is 0 Å². The second-order valence-electron chi connectivity index (χ2n) is 9.71. The monoisotopic (exact) mass is 368 g/mol. The summed E-state index contributed by atoms with van der Waals surface area (Å²) in [6.07, 6.45) is 13.6. The first kappa shape index (κ1) is 18.7. The van der Waals surface area contributed by atoms with E-state index in [0.29, 0.717) is 17.8 Å². The van der Waals surface area contributed by atoms with Crippen LogP contribution in [0, 0.1) is 28.6 Å². The average Bonchev–Trinajstić information content (AvgIpc) is 2.82. The normalized spacial score (nSPS) is 45.4.